The van der Waals surface area contributed by atoms with Crippen LogP contribution in [-0.2, 0) is 17.8 Å². The molecule has 140 valence electrons. The van der Waals surface area contributed by atoms with E-state index in [1.807, 2.05) is 30.3 Å². The van der Waals surface area contributed by atoms with Gasteiger partial charge >= 0.3 is 5.69 Å². The van der Waals surface area contributed by atoms with Crippen LogP contribution in [0.1, 0.15) is 5.56 Å². The maximum Gasteiger partial charge on any atom is 0.343 e. The Labute approximate surface area is 169 Å². The van der Waals surface area contributed by atoms with Crippen molar-refractivity contribution in [2.75, 3.05) is 11.1 Å². The lowest BCUT2D eigenvalue weighted by Gasteiger charge is -2.07. The van der Waals surface area contributed by atoms with Gasteiger partial charge in [0.15, 0.2) is 11.0 Å². The lowest BCUT2D eigenvalue weighted by Crippen LogP contribution is -2.20. The molecule has 7 nitrogen and oxygen atoms in total. The van der Waals surface area contributed by atoms with Crippen molar-refractivity contribution in [3.63, 3.8) is 0 Å². The number of hydrogen-bond acceptors (Lipinski definition) is 5. The van der Waals surface area contributed by atoms with Crippen LogP contribution in [0.25, 0.3) is 0 Å². The van der Waals surface area contributed by atoms with Crippen molar-refractivity contribution >= 4 is 46.7 Å². The molecular formula is C17H15Cl2N5O2S. The van der Waals surface area contributed by atoms with Gasteiger partial charge in [-0.3, -0.25) is 9.36 Å². The third kappa shape index (κ3) is 5.35. The van der Waals surface area contributed by atoms with Crippen LogP contribution in [0.2, 0.25) is 10.0 Å². The molecule has 0 atom stereocenters. The number of aromatic nitrogens is 4. The Morgan fingerprint density at radius 1 is 1.26 bits per heavy atom. The topological polar surface area (TPSA) is 92.7 Å². The van der Waals surface area contributed by atoms with E-state index in [9.17, 15) is 9.59 Å². The number of aromatic amines is 1. The molecule has 0 spiro atoms. The molecule has 0 aliphatic heterocycles. The molecule has 0 bridgehead atoms. The van der Waals surface area contributed by atoms with Gasteiger partial charge in [-0.15, -0.1) is 5.10 Å². The fraction of sp³-hybridized carbons (Fsp3) is 0.176. The molecule has 0 aliphatic rings. The first-order chi connectivity index (χ1) is 13.0. The predicted octanol–water partition coefficient (Wildman–Crippen LogP) is 3.25. The van der Waals surface area contributed by atoms with E-state index in [1.165, 1.54) is 16.8 Å². The summed E-state index contributed by atoms with van der Waals surface area (Å²) in [5.74, 6) is -0.0343. The van der Waals surface area contributed by atoms with Crippen LogP contribution < -0.4 is 11.0 Å². The molecule has 1 amide bonds. The van der Waals surface area contributed by atoms with Crippen LogP contribution in [0.15, 0.2) is 52.5 Å². The number of pyridine rings is 1. The van der Waals surface area contributed by atoms with Gasteiger partial charge in [-0.05, 0) is 18.1 Å². The van der Waals surface area contributed by atoms with Crippen molar-refractivity contribution in [2.24, 2.45) is 0 Å². The third-order valence-electron chi connectivity index (χ3n) is 3.59. The van der Waals surface area contributed by atoms with Crippen molar-refractivity contribution in [1.29, 1.82) is 0 Å². The number of rotatable bonds is 7. The van der Waals surface area contributed by atoms with Crippen molar-refractivity contribution < 1.29 is 4.79 Å². The van der Waals surface area contributed by atoms with Crippen molar-refractivity contribution in [3.8, 4) is 0 Å². The molecule has 0 fully saturated rings. The summed E-state index contributed by atoms with van der Waals surface area (Å²) in [7, 11) is 0. The fourth-order valence-corrected chi connectivity index (χ4v) is 3.50. The minimum Gasteiger partial charge on any atom is -0.309 e. The summed E-state index contributed by atoms with van der Waals surface area (Å²) in [6.45, 7) is 0.466. The standard InChI is InChI=1S/C17H15Cl2N5O2S/c18-12-8-13(19)15(20-9-12)21-14(25)10-27-17-23-22-16(26)24(17)7-6-11-4-2-1-3-5-11/h1-5,8-9H,6-7,10H2,(H,22,26)(H,20,21,25). The average molecular weight is 424 g/mol. The number of anilines is 1. The molecular weight excluding hydrogens is 409 g/mol. The number of nitrogens with one attached hydrogen (secondary N) is 2. The minimum atomic E-state index is -0.318. The normalized spacial score (nSPS) is 10.7. The van der Waals surface area contributed by atoms with Gasteiger partial charge in [0.25, 0.3) is 0 Å². The number of benzene rings is 1. The zero-order chi connectivity index (χ0) is 19.2. The summed E-state index contributed by atoms with van der Waals surface area (Å²) in [6, 6.07) is 11.3. The summed E-state index contributed by atoms with van der Waals surface area (Å²) >= 11 is 12.9. The van der Waals surface area contributed by atoms with Gasteiger partial charge in [-0.2, -0.15) is 0 Å². The number of carbonyl (C=O) groups excluding carboxylic acids is 1. The summed E-state index contributed by atoms with van der Waals surface area (Å²) in [6.07, 6.45) is 2.08. The smallest absolute Gasteiger partial charge is 0.309 e. The van der Waals surface area contributed by atoms with E-state index in [0.29, 0.717) is 23.1 Å². The molecule has 0 radical (unpaired) electrons. The zero-order valence-electron chi connectivity index (χ0n) is 14.0. The number of thioether (sulfide) groups is 1. The summed E-state index contributed by atoms with van der Waals surface area (Å²) in [5.41, 5.74) is 0.805. The quantitative estimate of drug-likeness (QED) is 0.568. The highest BCUT2D eigenvalue weighted by Gasteiger charge is 2.13. The fourth-order valence-electron chi connectivity index (χ4n) is 2.30. The molecule has 3 rings (SSSR count). The number of amides is 1. The van der Waals surface area contributed by atoms with Gasteiger partial charge < -0.3 is 5.32 Å². The second-order valence-electron chi connectivity index (χ2n) is 5.52. The number of nitrogens with zero attached hydrogens (tertiary/aromatic N) is 3. The molecule has 2 N–H and O–H groups in total. The van der Waals surface area contributed by atoms with Gasteiger partial charge in [-0.1, -0.05) is 65.3 Å². The molecule has 0 unspecified atom stereocenters. The number of halogens is 2. The highest BCUT2D eigenvalue weighted by Crippen LogP contribution is 2.23. The molecule has 0 aliphatic carbocycles. The number of hydrogen-bond donors (Lipinski definition) is 2. The summed E-state index contributed by atoms with van der Waals surface area (Å²) < 4.78 is 1.51. The monoisotopic (exact) mass is 423 g/mol. The Morgan fingerprint density at radius 2 is 2.04 bits per heavy atom. The second kappa shape index (κ2) is 9.07. The van der Waals surface area contributed by atoms with Crippen LogP contribution in [0.5, 0.6) is 0 Å². The molecule has 27 heavy (non-hydrogen) atoms. The number of H-pyrrole nitrogens is 1. The minimum absolute atomic E-state index is 0.0519. The van der Waals surface area contributed by atoms with Crippen molar-refractivity contribution in [2.45, 2.75) is 18.1 Å². The maximum atomic E-state index is 12.1. The Morgan fingerprint density at radius 3 is 2.78 bits per heavy atom. The third-order valence-corrected chi connectivity index (χ3v) is 5.06. The van der Waals surface area contributed by atoms with E-state index in [0.717, 1.165) is 17.3 Å². The second-order valence-corrected chi connectivity index (χ2v) is 7.31. The Hall–Kier alpha value is -2.29. The molecule has 10 heteroatoms. The Balaban J connectivity index is 1.59. The van der Waals surface area contributed by atoms with Gasteiger partial charge in [-0.25, -0.2) is 14.9 Å². The molecule has 2 heterocycles. The molecule has 0 saturated heterocycles. The first-order valence-electron chi connectivity index (χ1n) is 7.96. The average Bonchev–Trinajstić information content (AvgIpc) is 3.01. The highest BCUT2D eigenvalue weighted by molar-refractivity contribution is 7.99. The van der Waals surface area contributed by atoms with Crippen molar-refractivity contribution in [1.82, 2.24) is 19.7 Å². The van der Waals surface area contributed by atoms with Gasteiger partial charge in [0.1, 0.15) is 0 Å². The largest absolute Gasteiger partial charge is 0.343 e. The first-order valence-corrected chi connectivity index (χ1v) is 9.70. The predicted molar refractivity (Wildman–Crippen MR) is 107 cm³/mol. The van der Waals surface area contributed by atoms with E-state index in [2.05, 4.69) is 20.5 Å². The van der Waals surface area contributed by atoms with Crippen LogP contribution in [0.3, 0.4) is 0 Å². The van der Waals surface area contributed by atoms with Gasteiger partial charge in [0, 0.05) is 12.7 Å². The molecule has 3 aromatic rings. The number of aryl methyl sites for hydroxylation is 1. The molecule has 1 aromatic carbocycles. The molecule has 0 saturated carbocycles. The SMILES string of the molecule is O=C(CSc1n[nH]c(=O)n1CCc1ccccc1)Nc1ncc(Cl)cc1Cl. The highest BCUT2D eigenvalue weighted by atomic mass is 35.5. The van der Waals surface area contributed by atoms with E-state index in [4.69, 9.17) is 23.2 Å². The Bertz CT molecular complexity index is 990. The van der Waals surface area contributed by atoms with Crippen LogP contribution >= 0.6 is 35.0 Å². The van der Waals surface area contributed by atoms with Crippen LogP contribution in [0, 0.1) is 0 Å². The van der Waals surface area contributed by atoms with Crippen LogP contribution in [-0.4, -0.2) is 31.4 Å². The van der Waals surface area contributed by atoms with E-state index in [-0.39, 0.29) is 28.2 Å². The van der Waals surface area contributed by atoms with Crippen molar-refractivity contribution in [3.05, 3.63) is 68.7 Å². The summed E-state index contributed by atoms with van der Waals surface area (Å²) in [5, 5.41) is 10.1. The first kappa shape index (κ1) is 19.5. The zero-order valence-corrected chi connectivity index (χ0v) is 16.3. The van der Waals surface area contributed by atoms with E-state index < -0.39 is 0 Å². The van der Waals surface area contributed by atoms with E-state index >= 15 is 0 Å². The van der Waals surface area contributed by atoms with Gasteiger partial charge in [0.2, 0.25) is 5.91 Å². The maximum absolute atomic E-state index is 12.1. The number of carbonyl (C=O) groups is 1. The van der Waals surface area contributed by atoms with Crippen LogP contribution in [0.4, 0.5) is 5.82 Å². The Kier molecular flexibility index (Phi) is 6.54. The lowest BCUT2D eigenvalue weighted by atomic mass is 10.1. The van der Waals surface area contributed by atoms with Gasteiger partial charge in [0.05, 0.1) is 15.8 Å². The summed E-state index contributed by atoms with van der Waals surface area (Å²) in [4.78, 5) is 28.1. The molecule has 2 aromatic heterocycles. The lowest BCUT2D eigenvalue weighted by molar-refractivity contribution is -0.113. The van der Waals surface area contributed by atoms with E-state index in [1.54, 1.807) is 0 Å².